The Kier molecular flexibility index (Phi) is 4.78. The van der Waals surface area contributed by atoms with Crippen molar-refractivity contribution in [3.63, 3.8) is 0 Å². The van der Waals surface area contributed by atoms with Crippen LogP contribution < -0.4 is 9.04 Å². The van der Waals surface area contributed by atoms with Crippen LogP contribution in [0.3, 0.4) is 0 Å². The van der Waals surface area contributed by atoms with Gasteiger partial charge < -0.3 is 4.74 Å². The van der Waals surface area contributed by atoms with Gasteiger partial charge in [-0.15, -0.1) is 11.3 Å². The van der Waals surface area contributed by atoms with Crippen molar-refractivity contribution in [2.24, 2.45) is 0 Å². The summed E-state index contributed by atoms with van der Waals surface area (Å²) in [4.78, 5) is 4.69. The maximum Gasteiger partial charge on any atom is 0.231 e. The first-order valence-corrected chi connectivity index (χ1v) is 10.3. The molecule has 0 aliphatic carbocycles. The molecule has 1 heterocycles. The van der Waals surface area contributed by atoms with E-state index in [1.165, 1.54) is 17.6 Å². The van der Waals surface area contributed by atoms with Crippen LogP contribution in [0.1, 0.15) is 0 Å². The lowest BCUT2D eigenvalue weighted by atomic mass is 10.1. The predicted octanol–water partition coefficient (Wildman–Crippen LogP) is 3.88. The van der Waals surface area contributed by atoms with Crippen molar-refractivity contribution in [1.29, 1.82) is 0 Å². The van der Waals surface area contributed by atoms with Crippen LogP contribution in [-0.4, -0.2) is 33.8 Å². The van der Waals surface area contributed by atoms with Crippen LogP contribution in [0.25, 0.3) is 21.8 Å². The number of ether oxygens (including phenoxy) is 1. The van der Waals surface area contributed by atoms with Gasteiger partial charge in [0.1, 0.15) is 10.8 Å². The predicted molar refractivity (Wildman–Crippen MR) is 103 cm³/mol. The molecule has 0 saturated heterocycles. The first-order chi connectivity index (χ1) is 11.9. The minimum atomic E-state index is -3.27. The fourth-order valence-electron chi connectivity index (χ4n) is 2.38. The second kappa shape index (κ2) is 6.85. The van der Waals surface area contributed by atoms with Gasteiger partial charge in [-0.3, -0.25) is 4.31 Å². The van der Waals surface area contributed by atoms with E-state index in [4.69, 9.17) is 4.74 Å². The number of para-hydroxylation sites is 1. The molecule has 0 atom stereocenters. The second-order valence-electron chi connectivity index (χ2n) is 5.52. The summed E-state index contributed by atoms with van der Waals surface area (Å²) >= 11 is 1.54. The van der Waals surface area contributed by atoms with Gasteiger partial charge in [0, 0.05) is 18.0 Å². The number of methoxy groups -OCH3 is 1. The fourth-order valence-corrected chi connectivity index (χ4v) is 3.75. The van der Waals surface area contributed by atoms with Crippen molar-refractivity contribution < 1.29 is 13.2 Å². The monoisotopic (exact) mass is 374 g/mol. The lowest BCUT2D eigenvalue weighted by Gasteiger charge is -2.16. The summed E-state index contributed by atoms with van der Waals surface area (Å²) in [7, 11) is -0.0892. The number of nitrogens with zero attached hydrogens (tertiary/aromatic N) is 2. The molecular formula is C18H18N2O3S2. The zero-order valence-electron chi connectivity index (χ0n) is 14.1. The SMILES string of the molecule is COc1ccccc1-c1nc(-c2ccc(N(C)S(C)(=O)=O)cc2)cs1. The van der Waals surface area contributed by atoms with Crippen LogP contribution in [0.5, 0.6) is 5.75 Å². The van der Waals surface area contributed by atoms with E-state index >= 15 is 0 Å². The van der Waals surface area contributed by atoms with E-state index in [9.17, 15) is 8.42 Å². The van der Waals surface area contributed by atoms with Gasteiger partial charge in [-0.1, -0.05) is 24.3 Å². The molecule has 0 aliphatic rings. The van der Waals surface area contributed by atoms with Crippen molar-refractivity contribution in [2.75, 3.05) is 24.7 Å². The van der Waals surface area contributed by atoms with E-state index in [-0.39, 0.29) is 0 Å². The van der Waals surface area contributed by atoms with Crippen LogP contribution in [0.2, 0.25) is 0 Å². The van der Waals surface area contributed by atoms with Gasteiger partial charge in [-0.2, -0.15) is 0 Å². The Hall–Kier alpha value is -2.38. The molecule has 0 saturated carbocycles. The molecule has 1 aromatic heterocycles. The average Bonchev–Trinajstić information content (AvgIpc) is 3.10. The summed E-state index contributed by atoms with van der Waals surface area (Å²) in [6, 6.07) is 15.1. The van der Waals surface area contributed by atoms with Crippen molar-refractivity contribution in [3.05, 3.63) is 53.9 Å². The van der Waals surface area contributed by atoms with Crippen molar-refractivity contribution >= 4 is 27.0 Å². The lowest BCUT2D eigenvalue weighted by Crippen LogP contribution is -2.24. The molecule has 25 heavy (non-hydrogen) atoms. The summed E-state index contributed by atoms with van der Waals surface area (Å²) in [6.45, 7) is 0. The zero-order valence-corrected chi connectivity index (χ0v) is 15.8. The molecule has 0 unspecified atom stereocenters. The smallest absolute Gasteiger partial charge is 0.231 e. The molecular weight excluding hydrogens is 356 g/mol. The first kappa shape index (κ1) is 17.4. The molecule has 0 bridgehead atoms. The standard InChI is InChI=1S/C18H18N2O3S2/c1-20(25(3,21)22)14-10-8-13(9-11-14)16-12-24-18(19-16)15-6-4-5-7-17(15)23-2/h4-12H,1-3H3. The highest BCUT2D eigenvalue weighted by molar-refractivity contribution is 7.92. The van der Waals surface area contributed by atoms with E-state index in [1.807, 2.05) is 41.8 Å². The summed E-state index contributed by atoms with van der Waals surface area (Å²) in [5.41, 5.74) is 3.35. The minimum absolute atomic E-state index is 0.617. The van der Waals surface area contributed by atoms with E-state index < -0.39 is 10.0 Å². The molecule has 0 N–H and O–H groups in total. The van der Waals surface area contributed by atoms with Gasteiger partial charge in [0.25, 0.3) is 0 Å². The van der Waals surface area contributed by atoms with Crippen LogP contribution in [0.15, 0.2) is 53.9 Å². The lowest BCUT2D eigenvalue weighted by molar-refractivity contribution is 0.416. The zero-order chi connectivity index (χ0) is 18.0. The number of anilines is 1. The topological polar surface area (TPSA) is 59.5 Å². The molecule has 0 aliphatic heterocycles. The quantitative estimate of drug-likeness (QED) is 0.680. The number of sulfonamides is 1. The van der Waals surface area contributed by atoms with Gasteiger partial charge in [-0.05, 0) is 24.3 Å². The molecule has 0 spiro atoms. The van der Waals surface area contributed by atoms with Crippen LogP contribution in [0, 0.1) is 0 Å². The van der Waals surface area contributed by atoms with E-state index in [1.54, 1.807) is 30.6 Å². The first-order valence-electron chi connectivity index (χ1n) is 7.53. The van der Waals surface area contributed by atoms with Gasteiger partial charge >= 0.3 is 0 Å². The number of benzene rings is 2. The third-order valence-corrected chi connectivity index (χ3v) is 5.95. The van der Waals surface area contributed by atoms with Crippen molar-refractivity contribution in [1.82, 2.24) is 4.98 Å². The number of aromatic nitrogens is 1. The normalized spacial score (nSPS) is 11.3. The summed E-state index contributed by atoms with van der Waals surface area (Å²) in [5, 5.41) is 2.86. The summed E-state index contributed by atoms with van der Waals surface area (Å²) in [6.07, 6.45) is 1.18. The van der Waals surface area contributed by atoms with E-state index in [2.05, 4.69) is 4.98 Å². The highest BCUT2D eigenvalue weighted by atomic mass is 32.2. The van der Waals surface area contributed by atoms with Gasteiger partial charge in [-0.25, -0.2) is 13.4 Å². The third kappa shape index (κ3) is 3.67. The Balaban J connectivity index is 1.90. The minimum Gasteiger partial charge on any atom is -0.496 e. The highest BCUT2D eigenvalue weighted by Crippen LogP contribution is 2.34. The molecule has 5 nitrogen and oxygen atoms in total. The number of thiazole rings is 1. The van der Waals surface area contributed by atoms with Gasteiger partial charge in [0.05, 0.1) is 30.3 Å². The van der Waals surface area contributed by atoms with Crippen LogP contribution in [-0.2, 0) is 10.0 Å². The number of rotatable bonds is 5. The van der Waals surface area contributed by atoms with Crippen LogP contribution >= 0.6 is 11.3 Å². The van der Waals surface area contributed by atoms with Crippen molar-refractivity contribution in [2.45, 2.75) is 0 Å². The Morgan fingerprint density at radius 3 is 2.40 bits per heavy atom. The second-order valence-corrected chi connectivity index (χ2v) is 8.39. The molecule has 7 heteroatoms. The summed E-state index contributed by atoms with van der Waals surface area (Å²) < 4.78 is 29.9. The van der Waals surface area contributed by atoms with E-state index in [0.29, 0.717) is 5.69 Å². The fraction of sp³-hybridized carbons (Fsp3) is 0.167. The maximum absolute atomic E-state index is 11.6. The molecule has 3 aromatic rings. The molecule has 130 valence electrons. The number of hydrogen-bond donors (Lipinski definition) is 0. The van der Waals surface area contributed by atoms with Crippen molar-refractivity contribution in [3.8, 4) is 27.6 Å². The van der Waals surface area contributed by atoms with E-state index in [0.717, 1.165) is 27.6 Å². The molecule has 0 radical (unpaired) electrons. The maximum atomic E-state index is 11.6. The summed E-state index contributed by atoms with van der Waals surface area (Å²) in [5.74, 6) is 0.786. The molecule has 0 amide bonds. The highest BCUT2D eigenvalue weighted by Gasteiger charge is 2.13. The third-order valence-electron chi connectivity index (χ3n) is 3.87. The van der Waals surface area contributed by atoms with Gasteiger partial charge in [0.15, 0.2) is 0 Å². The molecule has 2 aromatic carbocycles. The Morgan fingerprint density at radius 1 is 1.08 bits per heavy atom. The Morgan fingerprint density at radius 2 is 1.76 bits per heavy atom. The Labute approximate surface area is 151 Å². The largest absolute Gasteiger partial charge is 0.496 e. The Bertz CT molecular complexity index is 980. The average molecular weight is 374 g/mol. The molecule has 3 rings (SSSR count). The van der Waals surface area contributed by atoms with Gasteiger partial charge in [0.2, 0.25) is 10.0 Å². The number of hydrogen-bond acceptors (Lipinski definition) is 5. The van der Waals surface area contributed by atoms with Crippen LogP contribution in [0.4, 0.5) is 5.69 Å². The molecule has 0 fully saturated rings.